The van der Waals surface area contributed by atoms with E-state index in [1.54, 1.807) is 0 Å². The van der Waals surface area contributed by atoms with Crippen LogP contribution in [0.25, 0.3) is 0 Å². The van der Waals surface area contributed by atoms with Crippen LogP contribution >= 0.6 is 0 Å². The van der Waals surface area contributed by atoms with E-state index in [0.29, 0.717) is 12.0 Å². The summed E-state index contributed by atoms with van der Waals surface area (Å²) in [6.07, 6.45) is -3.11. The monoisotopic (exact) mass is 344 g/mol. The number of carbonyl (C=O) groups is 1. The summed E-state index contributed by atoms with van der Waals surface area (Å²) in [7, 11) is 0. The molecule has 0 aromatic rings. The van der Waals surface area contributed by atoms with Crippen LogP contribution in [0.4, 0.5) is 0 Å². The first-order chi connectivity index (χ1) is 11.3. The summed E-state index contributed by atoms with van der Waals surface area (Å²) >= 11 is 0. The van der Waals surface area contributed by atoms with Gasteiger partial charge in [-0.15, -0.1) is 0 Å². The fourth-order valence-electron chi connectivity index (χ4n) is 2.63. The number of carbonyl (C=O) groups excluding carboxylic acids is 1. The first-order valence-electron chi connectivity index (χ1n) is 7.80. The van der Waals surface area contributed by atoms with Gasteiger partial charge in [-0.2, -0.15) is 0 Å². The lowest BCUT2D eigenvalue weighted by Crippen LogP contribution is -2.59. The Bertz CT molecular complexity index is 508. The van der Waals surface area contributed by atoms with E-state index in [2.05, 4.69) is 0 Å². The van der Waals surface area contributed by atoms with Crippen molar-refractivity contribution < 1.29 is 39.4 Å². The molecule has 0 saturated carbocycles. The number of esters is 1. The maximum absolute atomic E-state index is 11.7. The largest absolute Gasteiger partial charge is 0.454 e. The van der Waals surface area contributed by atoms with Crippen LogP contribution in [0, 0.1) is 0 Å². The van der Waals surface area contributed by atoms with Crippen molar-refractivity contribution >= 4 is 5.97 Å². The van der Waals surface area contributed by atoms with Crippen LogP contribution in [-0.4, -0.2) is 76.4 Å². The molecule has 24 heavy (non-hydrogen) atoms. The van der Waals surface area contributed by atoms with E-state index in [4.69, 9.17) is 19.3 Å². The lowest BCUT2D eigenvalue weighted by molar-refractivity contribution is -0.298. The Kier molecular flexibility index (Phi) is 6.50. The number of rotatable bonds is 5. The number of hydrogen-bond donors (Lipinski definition) is 4. The number of aliphatic hydroxyl groups is 4. The predicted octanol–water partition coefficient (Wildman–Crippen LogP) is -0.989. The molecule has 2 saturated heterocycles. The molecule has 136 valence electrons. The zero-order chi connectivity index (χ0) is 17.9. The molecular formula is C16H24O8. The van der Waals surface area contributed by atoms with Gasteiger partial charge in [-0.3, -0.25) is 0 Å². The highest BCUT2D eigenvalue weighted by Gasteiger charge is 2.43. The second kappa shape index (κ2) is 8.19. The smallest absolute Gasteiger partial charge is 0.334 e. The van der Waals surface area contributed by atoms with Gasteiger partial charge >= 0.3 is 5.97 Å². The van der Waals surface area contributed by atoms with Crippen LogP contribution in [0.1, 0.15) is 20.3 Å². The van der Waals surface area contributed by atoms with Crippen LogP contribution in [0.5, 0.6) is 0 Å². The molecule has 0 radical (unpaired) electrons. The van der Waals surface area contributed by atoms with Crippen LogP contribution in [0.15, 0.2) is 23.3 Å². The maximum atomic E-state index is 11.7. The Morgan fingerprint density at radius 1 is 1.25 bits per heavy atom. The van der Waals surface area contributed by atoms with Gasteiger partial charge in [0.05, 0.1) is 13.2 Å². The molecule has 3 unspecified atom stereocenters. The highest BCUT2D eigenvalue weighted by molar-refractivity contribution is 5.90. The average Bonchev–Trinajstić information content (AvgIpc) is 2.86. The second-order valence-corrected chi connectivity index (χ2v) is 6.15. The van der Waals surface area contributed by atoms with Gasteiger partial charge in [0.25, 0.3) is 0 Å². The average molecular weight is 344 g/mol. The van der Waals surface area contributed by atoms with E-state index < -0.39 is 43.3 Å². The summed E-state index contributed by atoms with van der Waals surface area (Å²) in [6, 6.07) is 0. The third-order valence-corrected chi connectivity index (χ3v) is 3.90. The predicted molar refractivity (Wildman–Crippen MR) is 81.7 cm³/mol. The Morgan fingerprint density at radius 2 is 1.96 bits per heavy atom. The highest BCUT2D eigenvalue weighted by Crippen LogP contribution is 2.24. The van der Waals surface area contributed by atoms with Gasteiger partial charge in [0.2, 0.25) is 0 Å². The van der Waals surface area contributed by atoms with Crippen LogP contribution in [-0.2, 0) is 19.0 Å². The number of aliphatic hydroxyl groups excluding tert-OH is 4. The van der Waals surface area contributed by atoms with Crippen molar-refractivity contribution in [3.8, 4) is 0 Å². The molecule has 2 aliphatic rings. The minimum Gasteiger partial charge on any atom is -0.454 e. The third kappa shape index (κ3) is 4.41. The zero-order valence-electron chi connectivity index (χ0n) is 13.7. The van der Waals surface area contributed by atoms with E-state index in [9.17, 15) is 20.1 Å². The Morgan fingerprint density at radius 3 is 2.58 bits per heavy atom. The molecule has 8 heteroatoms. The van der Waals surface area contributed by atoms with Crippen molar-refractivity contribution in [2.24, 2.45) is 0 Å². The Hall–Kier alpha value is -1.29. The van der Waals surface area contributed by atoms with Gasteiger partial charge in [-0.25, -0.2) is 4.79 Å². The molecule has 0 spiro atoms. The molecule has 0 aromatic carbocycles. The van der Waals surface area contributed by atoms with Crippen molar-refractivity contribution in [1.82, 2.24) is 0 Å². The van der Waals surface area contributed by atoms with Crippen LogP contribution in [0.2, 0.25) is 0 Å². The second-order valence-electron chi connectivity index (χ2n) is 6.15. The van der Waals surface area contributed by atoms with Gasteiger partial charge in [0, 0.05) is 12.0 Å². The molecular weight excluding hydrogens is 320 g/mol. The normalized spacial score (nSPS) is 38.2. The summed E-state index contributed by atoms with van der Waals surface area (Å²) in [5, 5.41) is 38.3. The Labute approximate surface area is 140 Å². The molecule has 2 aliphatic heterocycles. The zero-order valence-corrected chi connectivity index (χ0v) is 13.7. The lowest BCUT2D eigenvalue weighted by Gasteiger charge is -2.39. The van der Waals surface area contributed by atoms with Gasteiger partial charge in [-0.05, 0) is 26.0 Å². The number of allylic oxidation sites excluding steroid dienone is 1. The highest BCUT2D eigenvalue weighted by atomic mass is 16.7. The minimum absolute atomic E-state index is 0.0470. The van der Waals surface area contributed by atoms with E-state index in [1.165, 1.54) is 6.08 Å². The first kappa shape index (κ1) is 19.0. The molecule has 0 aromatic heterocycles. The van der Waals surface area contributed by atoms with Crippen molar-refractivity contribution in [2.75, 3.05) is 13.2 Å². The Balaban J connectivity index is 1.91. The number of ether oxygens (including phenoxy) is 3. The molecule has 0 amide bonds. The standard InChI is InChI=1S/C16H24O8/c1-8(2)5-10-6-9(15(21)23-10)3-4-22-16-14(20)13(19)12(18)11(7-17)24-16/h3,5,10-14,16-20H,4,6-7H2,1-2H3/b9-3-/t10?,11?,12-,13+,14?,16-/m1/s1. The SMILES string of the molecule is CC(C)=CC1C/C(=C/CO[C@@H]2OC(CO)[C@@H](O)[C@H](O)C2O)C(=O)O1. The summed E-state index contributed by atoms with van der Waals surface area (Å²) in [6.45, 7) is 3.26. The molecule has 8 nitrogen and oxygen atoms in total. The van der Waals surface area contributed by atoms with Crippen molar-refractivity contribution in [2.45, 2.75) is 57.1 Å². The summed E-state index contributed by atoms with van der Waals surface area (Å²) in [5.41, 5.74) is 1.51. The third-order valence-electron chi connectivity index (χ3n) is 3.90. The number of cyclic esters (lactones) is 1. The van der Waals surface area contributed by atoms with E-state index in [0.717, 1.165) is 5.57 Å². The van der Waals surface area contributed by atoms with Gasteiger partial charge in [0.1, 0.15) is 30.5 Å². The van der Waals surface area contributed by atoms with E-state index in [1.807, 2.05) is 19.9 Å². The fraction of sp³-hybridized carbons (Fsp3) is 0.688. The molecule has 2 heterocycles. The van der Waals surface area contributed by atoms with Gasteiger partial charge in [0.15, 0.2) is 6.29 Å². The topological polar surface area (TPSA) is 126 Å². The molecule has 2 fully saturated rings. The van der Waals surface area contributed by atoms with E-state index >= 15 is 0 Å². The lowest BCUT2D eigenvalue weighted by atomic mass is 9.99. The van der Waals surface area contributed by atoms with Crippen molar-refractivity contribution in [3.05, 3.63) is 23.3 Å². The van der Waals surface area contributed by atoms with Crippen molar-refractivity contribution in [1.29, 1.82) is 0 Å². The summed E-state index contributed by atoms with van der Waals surface area (Å²) in [5.74, 6) is -0.421. The molecule has 4 N–H and O–H groups in total. The minimum atomic E-state index is -1.49. The first-order valence-corrected chi connectivity index (χ1v) is 7.80. The molecule has 0 aliphatic carbocycles. The van der Waals surface area contributed by atoms with Crippen LogP contribution in [0.3, 0.4) is 0 Å². The quantitative estimate of drug-likeness (QED) is 0.285. The molecule has 0 bridgehead atoms. The molecule has 2 rings (SSSR count). The summed E-state index contributed by atoms with van der Waals surface area (Å²) in [4.78, 5) is 11.7. The number of hydrogen-bond acceptors (Lipinski definition) is 8. The van der Waals surface area contributed by atoms with Gasteiger partial charge < -0.3 is 34.6 Å². The fourth-order valence-corrected chi connectivity index (χ4v) is 2.63. The van der Waals surface area contributed by atoms with Crippen LogP contribution < -0.4 is 0 Å². The van der Waals surface area contributed by atoms with Gasteiger partial charge in [-0.1, -0.05) is 5.57 Å². The molecule has 6 atom stereocenters. The summed E-state index contributed by atoms with van der Waals surface area (Å²) < 4.78 is 15.7. The van der Waals surface area contributed by atoms with Crippen molar-refractivity contribution in [3.63, 3.8) is 0 Å². The van der Waals surface area contributed by atoms with E-state index in [-0.39, 0.29) is 12.7 Å². The maximum Gasteiger partial charge on any atom is 0.334 e.